The van der Waals surface area contributed by atoms with Gasteiger partial charge in [-0.1, -0.05) is 6.07 Å². The molecule has 4 N–H and O–H groups in total. The molecule has 172 valence electrons. The van der Waals surface area contributed by atoms with Crippen LogP contribution in [0.2, 0.25) is 0 Å². The summed E-state index contributed by atoms with van der Waals surface area (Å²) in [6.45, 7) is 0.591. The van der Waals surface area contributed by atoms with Crippen LogP contribution in [-0.4, -0.2) is 52.1 Å². The highest BCUT2D eigenvalue weighted by molar-refractivity contribution is 7.91. The molecule has 0 saturated heterocycles. The molecule has 11 heteroatoms. The molecule has 1 aromatic carbocycles. The van der Waals surface area contributed by atoms with Crippen LogP contribution in [0.25, 0.3) is 0 Å². The minimum absolute atomic E-state index is 0.0457. The zero-order chi connectivity index (χ0) is 22.5. The number of hydrogen-bond acceptors (Lipinski definition) is 6. The Bertz CT molecular complexity index is 1200. The molecule has 2 aromatic rings. The molecular weight excluding hydrogens is 434 g/mol. The molecule has 2 aliphatic carbocycles. The second-order valence-electron chi connectivity index (χ2n) is 8.50. The number of hydrogen-bond donors (Lipinski definition) is 3. The second kappa shape index (κ2) is 8.14. The highest BCUT2D eigenvalue weighted by Gasteiger charge is 2.33. The minimum atomic E-state index is -3.60. The maximum Gasteiger partial charge on any atom is 0.354 e. The summed E-state index contributed by atoms with van der Waals surface area (Å²) in [5, 5.41) is 22.4. The molecule has 0 radical (unpaired) electrons. The summed E-state index contributed by atoms with van der Waals surface area (Å²) < 4.78 is 29.3. The van der Waals surface area contributed by atoms with Crippen LogP contribution in [0.15, 0.2) is 21.5 Å². The van der Waals surface area contributed by atoms with Gasteiger partial charge in [-0.15, -0.1) is 4.36 Å². The number of nitrogens with zero attached hydrogens (tertiary/aromatic N) is 3. The Morgan fingerprint density at radius 3 is 3.06 bits per heavy atom. The number of anilines is 1. The first-order valence-electron chi connectivity index (χ1n) is 10.8. The molecule has 1 unspecified atom stereocenters. The average Bonchev–Trinajstić information content (AvgIpc) is 3.51. The number of methoxy groups -OCH3 is 1. The van der Waals surface area contributed by atoms with Crippen molar-refractivity contribution in [1.82, 2.24) is 9.78 Å². The van der Waals surface area contributed by atoms with E-state index in [2.05, 4.69) is 20.8 Å². The zero-order valence-corrected chi connectivity index (χ0v) is 18.7. The Morgan fingerprint density at radius 2 is 2.28 bits per heavy atom. The van der Waals surface area contributed by atoms with Gasteiger partial charge in [0, 0.05) is 18.7 Å². The van der Waals surface area contributed by atoms with Crippen LogP contribution in [0.5, 0.6) is 5.88 Å². The quantitative estimate of drug-likeness (QED) is 0.621. The summed E-state index contributed by atoms with van der Waals surface area (Å²) in [6.07, 6.45) is 6.08. The fraction of sp³-hybridized carbons (Fsp3) is 0.524. The van der Waals surface area contributed by atoms with Crippen molar-refractivity contribution in [2.75, 3.05) is 32.2 Å². The Balaban J connectivity index is 1.49. The molecule has 10 nitrogen and oxygen atoms in total. The molecule has 32 heavy (non-hydrogen) atoms. The van der Waals surface area contributed by atoms with Crippen molar-refractivity contribution >= 4 is 21.6 Å². The molecule has 1 aromatic heterocycles. The van der Waals surface area contributed by atoms with E-state index in [0.29, 0.717) is 6.61 Å². The van der Waals surface area contributed by atoms with Crippen molar-refractivity contribution < 1.29 is 23.6 Å². The molecule has 0 saturated carbocycles. The lowest BCUT2D eigenvalue weighted by Crippen LogP contribution is -2.19. The normalized spacial score (nSPS) is 22.6. The van der Waals surface area contributed by atoms with Gasteiger partial charge in [-0.3, -0.25) is 0 Å². The van der Waals surface area contributed by atoms with Crippen molar-refractivity contribution in [3.63, 3.8) is 0 Å². The third-order valence-electron chi connectivity index (χ3n) is 6.52. The molecule has 2 heterocycles. The number of aliphatic hydroxyl groups excluding tert-OH is 1. The number of ether oxygens (including phenoxy) is 2. The van der Waals surface area contributed by atoms with Gasteiger partial charge in [0.1, 0.15) is 17.5 Å². The van der Waals surface area contributed by atoms with Crippen molar-refractivity contribution in [1.29, 1.82) is 0 Å². The standard InChI is InChI=1S/C21H27N5O5S/c1-30-10-14-6-5-13-7-12-3-2-4-16(12)19(18(13)14)24-21(28)25-32(22,29)17-8-23-26-15(9-27)11-31-20(17)26/h7-8,14-15,27H,2-6,9-11H2,1H3,(H3,22,24,25,28,29)/t14-,15+,32?/m0/s1. The van der Waals surface area contributed by atoms with Gasteiger partial charge in [0.2, 0.25) is 5.88 Å². The Kier molecular flexibility index (Phi) is 5.44. The fourth-order valence-corrected chi connectivity index (χ4v) is 6.08. The SMILES string of the molecule is COC[C@@H]1CCc2cc3c(c(NC(=O)N=S(N)(=O)c4cnn5c4OC[C@H]5CO)c21)CCC3. The van der Waals surface area contributed by atoms with Gasteiger partial charge in [-0.05, 0) is 54.4 Å². The van der Waals surface area contributed by atoms with Crippen molar-refractivity contribution in [2.45, 2.75) is 49.0 Å². The highest BCUT2D eigenvalue weighted by Crippen LogP contribution is 2.44. The van der Waals surface area contributed by atoms with E-state index < -0.39 is 15.9 Å². The summed E-state index contributed by atoms with van der Waals surface area (Å²) in [5.41, 5.74) is 5.48. The Hall–Kier alpha value is -2.47. The maximum absolute atomic E-state index is 13.2. The molecule has 0 fully saturated rings. The number of fused-ring (bicyclic) bond motifs is 3. The van der Waals surface area contributed by atoms with Gasteiger partial charge < -0.3 is 19.9 Å². The average molecular weight is 462 g/mol. The van der Waals surface area contributed by atoms with E-state index >= 15 is 0 Å². The molecule has 0 spiro atoms. The van der Waals surface area contributed by atoms with Crippen molar-refractivity contribution in [3.05, 3.63) is 34.5 Å². The van der Waals surface area contributed by atoms with Crippen LogP contribution in [0.4, 0.5) is 10.5 Å². The number of urea groups is 1. The molecule has 3 aliphatic rings. The summed E-state index contributed by atoms with van der Waals surface area (Å²) in [5.74, 6) is 0.371. The van der Waals surface area contributed by atoms with E-state index in [1.165, 1.54) is 22.0 Å². The number of carbonyl (C=O) groups is 1. The molecule has 5 rings (SSSR count). The van der Waals surface area contributed by atoms with Crippen LogP contribution in [0.3, 0.4) is 0 Å². The number of carbonyl (C=O) groups excluding carboxylic acids is 1. The number of aliphatic hydroxyl groups is 1. The van der Waals surface area contributed by atoms with Crippen LogP contribution >= 0.6 is 0 Å². The fourth-order valence-electron chi connectivity index (χ4n) is 5.09. The highest BCUT2D eigenvalue weighted by atomic mass is 32.2. The lowest BCUT2D eigenvalue weighted by molar-refractivity contribution is 0.179. The summed E-state index contributed by atoms with van der Waals surface area (Å²) in [7, 11) is -1.92. The van der Waals surface area contributed by atoms with E-state index in [9.17, 15) is 14.1 Å². The number of nitrogens with one attached hydrogen (secondary N) is 1. The van der Waals surface area contributed by atoms with Crippen LogP contribution in [-0.2, 0) is 33.9 Å². The molecule has 3 atom stereocenters. The third kappa shape index (κ3) is 3.49. The van der Waals surface area contributed by atoms with E-state index in [1.54, 1.807) is 7.11 Å². The number of benzene rings is 1. The van der Waals surface area contributed by atoms with Gasteiger partial charge in [0.05, 0.1) is 19.4 Å². The van der Waals surface area contributed by atoms with Crippen LogP contribution in [0.1, 0.15) is 47.1 Å². The predicted octanol–water partition coefficient (Wildman–Crippen LogP) is 1.91. The number of rotatable bonds is 5. The zero-order valence-electron chi connectivity index (χ0n) is 17.9. The largest absolute Gasteiger partial charge is 0.475 e. The maximum atomic E-state index is 13.2. The van der Waals surface area contributed by atoms with Gasteiger partial charge in [-0.2, -0.15) is 5.10 Å². The van der Waals surface area contributed by atoms with E-state index in [-0.39, 0.29) is 35.9 Å². The third-order valence-corrected chi connectivity index (χ3v) is 7.86. The Labute approximate surface area is 186 Å². The second-order valence-corrected chi connectivity index (χ2v) is 10.3. The van der Waals surface area contributed by atoms with Crippen molar-refractivity contribution in [2.24, 2.45) is 9.50 Å². The first kappa shape index (κ1) is 21.4. The summed E-state index contributed by atoms with van der Waals surface area (Å²) in [6, 6.07) is 1.12. The molecule has 1 aliphatic heterocycles. The number of aromatic nitrogens is 2. The van der Waals surface area contributed by atoms with Gasteiger partial charge in [0.25, 0.3) is 0 Å². The number of aryl methyl sites for hydroxylation is 2. The van der Waals surface area contributed by atoms with E-state index in [0.717, 1.165) is 48.9 Å². The van der Waals surface area contributed by atoms with Gasteiger partial charge >= 0.3 is 6.03 Å². The first-order chi connectivity index (χ1) is 15.4. The summed E-state index contributed by atoms with van der Waals surface area (Å²) >= 11 is 0. The first-order valence-corrected chi connectivity index (χ1v) is 12.3. The van der Waals surface area contributed by atoms with Crippen LogP contribution < -0.4 is 15.2 Å². The van der Waals surface area contributed by atoms with Gasteiger partial charge in [0.15, 0.2) is 9.92 Å². The molecular formula is C21H27N5O5S. The monoisotopic (exact) mass is 461 g/mol. The smallest absolute Gasteiger partial charge is 0.354 e. The Morgan fingerprint density at radius 1 is 1.44 bits per heavy atom. The van der Waals surface area contributed by atoms with Crippen LogP contribution in [0, 0.1) is 0 Å². The van der Waals surface area contributed by atoms with Gasteiger partial charge in [-0.25, -0.2) is 18.8 Å². The van der Waals surface area contributed by atoms with Crippen molar-refractivity contribution in [3.8, 4) is 5.88 Å². The lowest BCUT2D eigenvalue weighted by Gasteiger charge is -2.19. The predicted molar refractivity (Wildman–Crippen MR) is 117 cm³/mol. The number of amides is 2. The molecule has 0 bridgehead atoms. The molecule has 2 amide bonds. The van der Waals surface area contributed by atoms with E-state index in [4.69, 9.17) is 14.6 Å². The topological polar surface area (TPSA) is 141 Å². The lowest BCUT2D eigenvalue weighted by atomic mass is 9.94. The minimum Gasteiger partial charge on any atom is -0.475 e. The summed E-state index contributed by atoms with van der Waals surface area (Å²) in [4.78, 5) is 13.0. The number of nitrogens with two attached hydrogens (primary N) is 1. The van der Waals surface area contributed by atoms with E-state index in [1.807, 2.05) is 0 Å².